The van der Waals surface area contributed by atoms with Crippen LogP contribution in [0.2, 0.25) is 0 Å². The Hall–Kier alpha value is -0.420. The standard InChI is InChI=1S/C17H25NO2S/c1-5-17(8-16(11-20-17)19-10-14-2-3-14)13-18(6-1)9-15-4-7-21-12-15/h4,7,12,14,16H,1-3,5-6,8-11,13H2/t16-,17+/m1/s1. The van der Waals surface area contributed by atoms with Crippen LogP contribution >= 0.6 is 11.3 Å². The fraction of sp³-hybridized carbons (Fsp3) is 0.765. The lowest BCUT2D eigenvalue weighted by Crippen LogP contribution is -2.47. The number of rotatable bonds is 5. The molecule has 0 unspecified atom stereocenters. The zero-order chi connectivity index (χ0) is 14.1. The summed E-state index contributed by atoms with van der Waals surface area (Å²) >= 11 is 1.79. The molecule has 2 atom stereocenters. The third kappa shape index (κ3) is 3.50. The van der Waals surface area contributed by atoms with Gasteiger partial charge < -0.3 is 9.47 Å². The molecular weight excluding hydrogens is 282 g/mol. The third-order valence-corrected chi connectivity index (χ3v) is 5.78. The van der Waals surface area contributed by atoms with Gasteiger partial charge in [0, 0.05) is 26.1 Å². The van der Waals surface area contributed by atoms with Gasteiger partial charge in [-0.25, -0.2) is 0 Å². The number of nitrogens with zero attached hydrogens (tertiary/aromatic N) is 1. The Morgan fingerprint density at radius 3 is 3.19 bits per heavy atom. The van der Waals surface area contributed by atoms with Gasteiger partial charge in [0.2, 0.25) is 0 Å². The number of hydrogen-bond acceptors (Lipinski definition) is 4. The van der Waals surface area contributed by atoms with Crippen molar-refractivity contribution in [1.82, 2.24) is 4.90 Å². The highest BCUT2D eigenvalue weighted by Crippen LogP contribution is 2.37. The van der Waals surface area contributed by atoms with Crippen LogP contribution in [0.1, 0.15) is 37.7 Å². The fourth-order valence-electron chi connectivity index (χ4n) is 3.72. The largest absolute Gasteiger partial charge is 0.375 e. The number of hydrogen-bond donors (Lipinski definition) is 0. The molecule has 4 heteroatoms. The van der Waals surface area contributed by atoms with Gasteiger partial charge in [0.05, 0.1) is 18.3 Å². The Balaban J connectivity index is 1.31. The van der Waals surface area contributed by atoms with Crippen molar-refractivity contribution in [3.8, 4) is 0 Å². The van der Waals surface area contributed by atoms with E-state index in [1.54, 1.807) is 11.3 Å². The van der Waals surface area contributed by atoms with E-state index < -0.39 is 0 Å². The molecule has 0 aromatic carbocycles. The number of ether oxygens (including phenoxy) is 2. The summed E-state index contributed by atoms with van der Waals surface area (Å²) in [5.41, 5.74) is 1.51. The van der Waals surface area contributed by atoms with E-state index in [2.05, 4.69) is 21.7 Å². The van der Waals surface area contributed by atoms with Crippen molar-refractivity contribution in [2.75, 3.05) is 26.3 Å². The first-order valence-corrected chi connectivity index (χ1v) is 9.25. The zero-order valence-corrected chi connectivity index (χ0v) is 13.4. The Labute approximate surface area is 131 Å². The molecule has 1 aromatic heterocycles. The second-order valence-corrected chi connectivity index (χ2v) is 7.82. The Kier molecular flexibility index (Phi) is 4.05. The predicted octanol–water partition coefficient (Wildman–Crippen LogP) is 3.30. The van der Waals surface area contributed by atoms with Crippen LogP contribution in [-0.4, -0.2) is 42.9 Å². The second-order valence-electron chi connectivity index (χ2n) is 7.04. The lowest BCUT2D eigenvalue weighted by atomic mass is 9.89. The van der Waals surface area contributed by atoms with Crippen molar-refractivity contribution in [1.29, 1.82) is 0 Å². The van der Waals surface area contributed by atoms with Gasteiger partial charge in [-0.3, -0.25) is 4.90 Å². The van der Waals surface area contributed by atoms with E-state index in [1.165, 1.54) is 37.8 Å². The number of likely N-dealkylation sites (tertiary alicyclic amines) is 1. The van der Waals surface area contributed by atoms with Gasteiger partial charge in [0.15, 0.2) is 0 Å². The molecule has 3 aliphatic rings. The Morgan fingerprint density at radius 2 is 2.38 bits per heavy atom. The molecule has 0 amide bonds. The molecule has 4 rings (SSSR count). The highest BCUT2D eigenvalue weighted by molar-refractivity contribution is 7.07. The van der Waals surface area contributed by atoms with Gasteiger partial charge in [0.25, 0.3) is 0 Å². The molecule has 3 nitrogen and oxygen atoms in total. The SMILES string of the molecule is c1cc(CN2CCC[C@]3(C[C@@H](OCC4CC4)CO3)C2)cs1. The van der Waals surface area contributed by atoms with E-state index in [9.17, 15) is 0 Å². The monoisotopic (exact) mass is 307 g/mol. The molecule has 1 aliphatic carbocycles. The molecule has 3 heterocycles. The van der Waals surface area contributed by atoms with Crippen molar-refractivity contribution in [2.45, 2.75) is 50.4 Å². The van der Waals surface area contributed by atoms with Gasteiger partial charge in [0.1, 0.15) is 0 Å². The number of thiophene rings is 1. The molecule has 0 N–H and O–H groups in total. The van der Waals surface area contributed by atoms with Crippen molar-refractivity contribution in [3.63, 3.8) is 0 Å². The van der Waals surface area contributed by atoms with Crippen molar-refractivity contribution >= 4 is 11.3 Å². The average Bonchev–Trinajstić information content (AvgIpc) is 3.04. The average molecular weight is 307 g/mol. The maximum atomic E-state index is 6.23. The van der Waals surface area contributed by atoms with Gasteiger partial charge in [-0.15, -0.1) is 0 Å². The summed E-state index contributed by atoms with van der Waals surface area (Å²) in [5, 5.41) is 4.43. The fourth-order valence-corrected chi connectivity index (χ4v) is 4.38. The van der Waals surface area contributed by atoms with E-state index in [1.807, 2.05) is 0 Å². The third-order valence-electron chi connectivity index (χ3n) is 5.04. The van der Waals surface area contributed by atoms with Crippen LogP contribution in [0.4, 0.5) is 0 Å². The summed E-state index contributed by atoms with van der Waals surface area (Å²) in [6, 6.07) is 2.24. The van der Waals surface area contributed by atoms with Gasteiger partial charge >= 0.3 is 0 Å². The maximum Gasteiger partial charge on any atom is 0.0836 e. The minimum Gasteiger partial charge on any atom is -0.375 e. The summed E-state index contributed by atoms with van der Waals surface area (Å²) in [5.74, 6) is 0.850. The molecule has 3 fully saturated rings. The zero-order valence-electron chi connectivity index (χ0n) is 12.6. The molecule has 2 saturated heterocycles. The highest BCUT2D eigenvalue weighted by atomic mass is 32.1. The van der Waals surface area contributed by atoms with E-state index in [0.29, 0.717) is 6.10 Å². The van der Waals surface area contributed by atoms with Crippen molar-refractivity contribution in [2.24, 2.45) is 5.92 Å². The Morgan fingerprint density at radius 1 is 1.43 bits per heavy atom. The lowest BCUT2D eigenvalue weighted by Gasteiger charge is -2.39. The first-order chi connectivity index (χ1) is 10.3. The van der Waals surface area contributed by atoms with Crippen LogP contribution in [-0.2, 0) is 16.0 Å². The molecule has 0 bridgehead atoms. The van der Waals surface area contributed by atoms with E-state index in [4.69, 9.17) is 9.47 Å². The first-order valence-electron chi connectivity index (χ1n) is 8.30. The van der Waals surface area contributed by atoms with Crippen LogP contribution in [0.15, 0.2) is 16.8 Å². The summed E-state index contributed by atoms with van der Waals surface area (Å²) in [4.78, 5) is 2.56. The summed E-state index contributed by atoms with van der Waals surface area (Å²) in [6.07, 6.45) is 6.63. The smallest absolute Gasteiger partial charge is 0.0836 e. The van der Waals surface area contributed by atoms with Gasteiger partial charge in [-0.1, -0.05) is 0 Å². The maximum absolute atomic E-state index is 6.23. The quantitative estimate of drug-likeness (QED) is 0.833. The number of piperidine rings is 1. The van der Waals surface area contributed by atoms with Crippen LogP contribution in [0, 0.1) is 5.92 Å². The summed E-state index contributed by atoms with van der Waals surface area (Å²) in [6.45, 7) is 5.12. The molecule has 0 radical (unpaired) electrons. The molecule has 2 aliphatic heterocycles. The van der Waals surface area contributed by atoms with Crippen LogP contribution in [0.25, 0.3) is 0 Å². The molecule has 116 valence electrons. The topological polar surface area (TPSA) is 21.7 Å². The second kappa shape index (κ2) is 5.99. The Bertz CT molecular complexity index is 459. The minimum atomic E-state index is 0.0719. The molecule has 1 saturated carbocycles. The predicted molar refractivity (Wildman–Crippen MR) is 84.6 cm³/mol. The van der Waals surface area contributed by atoms with Crippen LogP contribution in [0.3, 0.4) is 0 Å². The van der Waals surface area contributed by atoms with Crippen LogP contribution in [0.5, 0.6) is 0 Å². The normalized spacial score (nSPS) is 33.8. The summed E-state index contributed by atoms with van der Waals surface area (Å²) in [7, 11) is 0. The van der Waals surface area contributed by atoms with Crippen molar-refractivity contribution in [3.05, 3.63) is 22.4 Å². The molecule has 1 aromatic rings. The lowest BCUT2D eigenvalue weighted by molar-refractivity contribution is -0.0547. The van der Waals surface area contributed by atoms with E-state index in [-0.39, 0.29) is 5.60 Å². The van der Waals surface area contributed by atoms with Crippen molar-refractivity contribution < 1.29 is 9.47 Å². The van der Waals surface area contributed by atoms with Crippen LogP contribution < -0.4 is 0 Å². The van der Waals surface area contributed by atoms with E-state index >= 15 is 0 Å². The molecular formula is C17H25NO2S. The van der Waals surface area contributed by atoms with E-state index in [0.717, 1.165) is 38.6 Å². The van der Waals surface area contributed by atoms with Gasteiger partial charge in [-0.2, -0.15) is 11.3 Å². The molecule has 1 spiro atoms. The highest BCUT2D eigenvalue weighted by Gasteiger charge is 2.44. The van der Waals surface area contributed by atoms with Gasteiger partial charge in [-0.05, 0) is 60.5 Å². The summed E-state index contributed by atoms with van der Waals surface area (Å²) < 4.78 is 12.3. The minimum absolute atomic E-state index is 0.0719. The molecule has 21 heavy (non-hydrogen) atoms. The first kappa shape index (κ1) is 14.2.